The van der Waals surface area contributed by atoms with E-state index in [1.54, 1.807) is 6.92 Å². The molecule has 0 bridgehead atoms. The minimum Gasteiger partial charge on any atom is -0.387 e. The summed E-state index contributed by atoms with van der Waals surface area (Å²) in [6, 6.07) is 4.14. The molecule has 0 radical (unpaired) electrons. The Bertz CT molecular complexity index is 575. The van der Waals surface area contributed by atoms with Gasteiger partial charge in [0.15, 0.2) is 0 Å². The molecule has 1 aromatic carbocycles. The van der Waals surface area contributed by atoms with E-state index in [-0.39, 0.29) is 12.1 Å². The van der Waals surface area contributed by atoms with E-state index in [9.17, 15) is 26.7 Å². The molecule has 5 nitrogen and oxygen atoms in total. The number of aliphatic hydroxyl groups excluding tert-OH is 1. The number of halogens is 3. The summed E-state index contributed by atoms with van der Waals surface area (Å²) in [5.41, 5.74) is -0.903. The smallest absolute Gasteiger partial charge is 0.387 e. The molecule has 1 atom stereocenters. The van der Waals surface area contributed by atoms with Crippen molar-refractivity contribution < 1.29 is 26.7 Å². The van der Waals surface area contributed by atoms with Crippen molar-refractivity contribution in [2.24, 2.45) is 0 Å². The molecule has 0 aliphatic carbocycles. The topological polar surface area (TPSA) is 69.6 Å². The predicted octanol–water partition coefficient (Wildman–Crippen LogP) is 1.52. The Balaban J connectivity index is 2.79. The first-order valence-electron chi connectivity index (χ1n) is 6.14. The van der Waals surface area contributed by atoms with Gasteiger partial charge in [0.1, 0.15) is 0 Å². The van der Waals surface area contributed by atoms with Gasteiger partial charge in [0.25, 0.3) is 10.2 Å². The summed E-state index contributed by atoms with van der Waals surface area (Å²) in [7, 11) is -2.40. The third kappa shape index (κ3) is 4.95. The molecule has 1 rings (SSSR count). The summed E-state index contributed by atoms with van der Waals surface area (Å²) in [6.07, 6.45) is -5.88. The van der Waals surface area contributed by atoms with Crippen molar-refractivity contribution in [3.8, 4) is 0 Å². The molecule has 0 spiro atoms. The van der Waals surface area contributed by atoms with Crippen LogP contribution >= 0.6 is 0 Å². The molecule has 0 aliphatic rings. The highest BCUT2D eigenvalue weighted by Crippen LogP contribution is 2.30. The number of hydrogen-bond acceptors (Lipinski definition) is 3. The van der Waals surface area contributed by atoms with Gasteiger partial charge in [-0.15, -0.1) is 0 Å². The van der Waals surface area contributed by atoms with Crippen LogP contribution in [-0.2, 0) is 16.4 Å². The first-order chi connectivity index (χ1) is 9.58. The minimum absolute atomic E-state index is 0.00771. The van der Waals surface area contributed by atoms with E-state index in [2.05, 4.69) is 4.72 Å². The zero-order valence-electron chi connectivity index (χ0n) is 11.6. The number of aliphatic hydroxyl groups is 1. The standard InChI is InChI=1S/C12H17F3N2O3S/c1-3-17(2)21(19,20)16-8-11(18)9-5-4-6-10(7-9)12(13,14)15/h4-7,11,16,18H,3,8H2,1-2H3. The van der Waals surface area contributed by atoms with Crippen LogP contribution in [0.3, 0.4) is 0 Å². The van der Waals surface area contributed by atoms with Gasteiger partial charge in [-0.05, 0) is 17.7 Å². The molecule has 0 saturated heterocycles. The van der Waals surface area contributed by atoms with Gasteiger partial charge in [-0.3, -0.25) is 0 Å². The van der Waals surface area contributed by atoms with Gasteiger partial charge in [-0.1, -0.05) is 19.1 Å². The Labute approximate surface area is 121 Å². The summed E-state index contributed by atoms with van der Waals surface area (Å²) < 4.78 is 64.1. The maximum atomic E-state index is 12.6. The van der Waals surface area contributed by atoms with E-state index >= 15 is 0 Å². The normalized spacial score (nSPS) is 14.4. The number of nitrogens with one attached hydrogen (secondary N) is 1. The maximum Gasteiger partial charge on any atom is 0.416 e. The van der Waals surface area contributed by atoms with Gasteiger partial charge < -0.3 is 5.11 Å². The molecule has 0 saturated carbocycles. The predicted molar refractivity (Wildman–Crippen MR) is 71.6 cm³/mol. The minimum atomic E-state index is -4.52. The quantitative estimate of drug-likeness (QED) is 0.833. The van der Waals surface area contributed by atoms with Crippen LogP contribution in [-0.4, -0.2) is 38.0 Å². The molecule has 0 aliphatic heterocycles. The van der Waals surface area contributed by atoms with E-state index in [0.29, 0.717) is 0 Å². The lowest BCUT2D eigenvalue weighted by Crippen LogP contribution is -2.39. The zero-order valence-corrected chi connectivity index (χ0v) is 12.4. The Hall–Kier alpha value is -1.16. The lowest BCUT2D eigenvalue weighted by molar-refractivity contribution is -0.137. The Kier molecular flexibility index (Phi) is 5.74. The largest absolute Gasteiger partial charge is 0.416 e. The van der Waals surface area contributed by atoms with E-state index in [4.69, 9.17) is 0 Å². The van der Waals surface area contributed by atoms with Crippen LogP contribution < -0.4 is 4.72 Å². The van der Waals surface area contributed by atoms with E-state index < -0.39 is 34.6 Å². The number of alkyl halides is 3. The Morgan fingerprint density at radius 1 is 1.38 bits per heavy atom. The molecule has 1 unspecified atom stereocenters. The van der Waals surface area contributed by atoms with Gasteiger partial charge in [-0.25, -0.2) is 0 Å². The van der Waals surface area contributed by atoms with Crippen molar-refractivity contribution in [1.29, 1.82) is 0 Å². The van der Waals surface area contributed by atoms with Crippen LogP contribution in [0.15, 0.2) is 24.3 Å². The first kappa shape index (κ1) is 17.9. The van der Waals surface area contributed by atoms with E-state index in [1.807, 2.05) is 0 Å². The molecule has 0 heterocycles. The van der Waals surface area contributed by atoms with Gasteiger partial charge in [-0.2, -0.15) is 30.6 Å². The van der Waals surface area contributed by atoms with E-state index in [0.717, 1.165) is 22.5 Å². The lowest BCUT2D eigenvalue weighted by atomic mass is 10.1. The highest BCUT2D eigenvalue weighted by Gasteiger charge is 2.31. The average Bonchev–Trinajstić information content (AvgIpc) is 2.43. The molecule has 1 aromatic rings. The molecule has 9 heteroatoms. The highest BCUT2D eigenvalue weighted by atomic mass is 32.2. The van der Waals surface area contributed by atoms with Crippen molar-refractivity contribution >= 4 is 10.2 Å². The number of hydrogen-bond donors (Lipinski definition) is 2. The van der Waals surface area contributed by atoms with Crippen molar-refractivity contribution in [2.75, 3.05) is 20.1 Å². The van der Waals surface area contributed by atoms with E-state index in [1.165, 1.54) is 13.1 Å². The summed E-state index contributed by atoms with van der Waals surface area (Å²) in [4.78, 5) is 0. The van der Waals surface area contributed by atoms with Crippen molar-refractivity contribution in [1.82, 2.24) is 9.03 Å². The van der Waals surface area contributed by atoms with Crippen LogP contribution in [0.5, 0.6) is 0 Å². The third-order valence-electron chi connectivity index (χ3n) is 2.91. The highest BCUT2D eigenvalue weighted by molar-refractivity contribution is 7.87. The third-order valence-corrected chi connectivity index (χ3v) is 4.52. The van der Waals surface area contributed by atoms with Crippen molar-refractivity contribution in [2.45, 2.75) is 19.2 Å². The van der Waals surface area contributed by atoms with Gasteiger partial charge in [0.05, 0.1) is 11.7 Å². The monoisotopic (exact) mass is 326 g/mol. The number of benzene rings is 1. The fraction of sp³-hybridized carbons (Fsp3) is 0.500. The second kappa shape index (κ2) is 6.73. The molecule has 2 N–H and O–H groups in total. The average molecular weight is 326 g/mol. The number of nitrogens with zero attached hydrogens (tertiary/aromatic N) is 1. The fourth-order valence-electron chi connectivity index (χ4n) is 1.50. The van der Waals surface area contributed by atoms with Gasteiger partial charge in [0.2, 0.25) is 0 Å². The summed E-state index contributed by atoms with van der Waals surface area (Å²) in [5.74, 6) is 0. The Morgan fingerprint density at radius 2 is 2.00 bits per heavy atom. The lowest BCUT2D eigenvalue weighted by Gasteiger charge is -2.18. The van der Waals surface area contributed by atoms with Crippen LogP contribution in [0.1, 0.15) is 24.2 Å². The molecule has 21 heavy (non-hydrogen) atoms. The second-order valence-corrected chi connectivity index (χ2v) is 6.27. The van der Waals surface area contributed by atoms with Gasteiger partial charge in [0, 0.05) is 20.1 Å². The van der Waals surface area contributed by atoms with Crippen LogP contribution in [0, 0.1) is 0 Å². The Morgan fingerprint density at radius 3 is 2.52 bits per heavy atom. The van der Waals surface area contributed by atoms with Gasteiger partial charge >= 0.3 is 6.18 Å². The van der Waals surface area contributed by atoms with Crippen LogP contribution in [0.4, 0.5) is 13.2 Å². The second-order valence-electron chi connectivity index (χ2n) is 4.41. The molecular formula is C12H17F3N2O3S. The zero-order chi connectivity index (χ0) is 16.3. The van der Waals surface area contributed by atoms with Crippen molar-refractivity contribution in [3.05, 3.63) is 35.4 Å². The molecule has 0 aromatic heterocycles. The summed E-state index contributed by atoms with van der Waals surface area (Å²) in [6.45, 7) is 1.45. The molecule has 0 fully saturated rings. The molecular weight excluding hydrogens is 309 g/mol. The van der Waals surface area contributed by atoms with Crippen LogP contribution in [0.25, 0.3) is 0 Å². The molecule has 120 valence electrons. The fourth-order valence-corrected chi connectivity index (χ4v) is 2.43. The summed E-state index contributed by atoms with van der Waals surface area (Å²) >= 11 is 0. The van der Waals surface area contributed by atoms with Crippen LogP contribution in [0.2, 0.25) is 0 Å². The SMILES string of the molecule is CCN(C)S(=O)(=O)NCC(O)c1cccc(C(F)(F)F)c1. The first-order valence-corrected chi connectivity index (χ1v) is 7.58. The van der Waals surface area contributed by atoms with Crippen molar-refractivity contribution in [3.63, 3.8) is 0 Å². The summed E-state index contributed by atoms with van der Waals surface area (Å²) in [5, 5.41) is 9.82. The number of rotatable bonds is 6. The maximum absolute atomic E-state index is 12.6. The molecule has 0 amide bonds.